The number of carbonyl (C=O) groups excluding carboxylic acids is 3. The van der Waals surface area contributed by atoms with Gasteiger partial charge in [-0.25, -0.2) is 9.88 Å². The quantitative estimate of drug-likeness (QED) is 0.294. The topological polar surface area (TPSA) is 94.4 Å². The maximum absolute atomic E-state index is 14.2. The van der Waals surface area contributed by atoms with Crippen molar-refractivity contribution in [1.29, 1.82) is 5.26 Å². The number of aryl methyl sites for hydroxylation is 2. The fraction of sp³-hybridized carbons (Fsp3) is 0.323. The number of anilines is 1. The van der Waals surface area contributed by atoms with E-state index in [9.17, 15) is 19.6 Å². The molecule has 7 nitrogen and oxygen atoms in total. The van der Waals surface area contributed by atoms with Crippen LogP contribution in [0.5, 0.6) is 0 Å². The third-order valence-corrected chi connectivity index (χ3v) is 8.63. The Morgan fingerprint density at radius 1 is 1.10 bits per heavy atom. The van der Waals surface area contributed by atoms with Crippen LogP contribution in [0.1, 0.15) is 55.0 Å². The number of rotatable bonds is 8. The number of imide groups is 1. The number of thioether (sulfide) groups is 1. The number of hydrogen-bond acceptors (Lipinski definition) is 6. The third kappa shape index (κ3) is 5.59. The van der Waals surface area contributed by atoms with E-state index in [1.165, 1.54) is 16.7 Å². The van der Waals surface area contributed by atoms with Crippen molar-refractivity contribution in [3.63, 3.8) is 0 Å². The molecule has 1 aliphatic heterocycles. The average molecular weight is 539 g/mol. The first-order valence-corrected chi connectivity index (χ1v) is 14.2. The fourth-order valence-corrected chi connectivity index (χ4v) is 6.31. The van der Waals surface area contributed by atoms with Gasteiger partial charge in [-0.2, -0.15) is 5.26 Å². The summed E-state index contributed by atoms with van der Waals surface area (Å²) in [7, 11) is 0. The summed E-state index contributed by atoms with van der Waals surface area (Å²) in [5, 5.41) is 9.82. The molecule has 2 aromatic carbocycles. The number of fused-ring (bicyclic) bond motifs is 1. The van der Waals surface area contributed by atoms with E-state index in [1.54, 1.807) is 29.2 Å². The number of nitriles is 1. The van der Waals surface area contributed by atoms with Gasteiger partial charge in [0, 0.05) is 12.2 Å². The van der Waals surface area contributed by atoms with Gasteiger partial charge in [0.05, 0.1) is 22.9 Å². The normalized spacial score (nSPS) is 17.4. The Kier molecular flexibility index (Phi) is 8.08. The molecule has 0 bridgehead atoms. The molecule has 2 heterocycles. The van der Waals surface area contributed by atoms with Gasteiger partial charge in [0.2, 0.25) is 11.8 Å². The van der Waals surface area contributed by atoms with E-state index in [1.807, 2.05) is 49.4 Å². The highest BCUT2D eigenvalue weighted by molar-refractivity contribution is 8.00. The van der Waals surface area contributed by atoms with Crippen LogP contribution in [-0.2, 0) is 33.8 Å². The van der Waals surface area contributed by atoms with Gasteiger partial charge in [-0.1, -0.05) is 67.2 Å². The van der Waals surface area contributed by atoms with E-state index in [-0.39, 0.29) is 24.8 Å². The van der Waals surface area contributed by atoms with Crippen molar-refractivity contribution in [2.45, 2.75) is 68.3 Å². The van der Waals surface area contributed by atoms with Crippen LogP contribution in [0.3, 0.4) is 0 Å². The highest BCUT2D eigenvalue weighted by atomic mass is 32.2. The number of amides is 3. The van der Waals surface area contributed by atoms with Gasteiger partial charge in [-0.3, -0.25) is 14.4 Å². The molecule has 0 spiro atoms. The minimum Gasteiger partial charge on any atom is -0.325 e. The van der Waals surface area contributed by atoms with Crippen molar-refractivity contribution in [1.82, 2.24) is 9.88 Å². The Bertz CT molecular complexity index is 1420. The Balaban J connectivity index is 1.46. The van der Waals surface area contributed by atoms with Crippen LogP contribution >= 0.6 is 11.8 Å². The fourth-order valence-electron chi connectivity index (χ4n) is 5.24. The Labute approximate surface area is 232 Å². The molecule has 198 valence electrons. The molecule has 1 aliphatic carbocycles. The first kappa shape index (κ1) is 26.6. The standard InChI is InChI=1S/C31H30N4O3S/c1-2-27(39-29-23(19-32)17-22-13-9-10-16-25(22)33-29)31(38)34(20-21-11-5-3-6-12-21)26-18-28(36)35(30(26)37)24-14-7-4-8-15-24/h3-8,11-12,14-15,17,26-27H,2,9-10,13,16,18,20H2,1H3. The second-order valence-corrected chi connectivity index (χ2v) is 11.0. The molecule has 3 aromatic rings. The van der Waals surface area contributed by atoms with E-state index in [4.69, 9.17) is 4.98 Å². The maximum atomic E-state index is 14.2. The zero-order chi connectivity index (χ0) is 27.4. The smallest absolute Gasteiger partial charge is 0.257 e. The lowest BCUT2D eigenvalue weighted by atomic mass is 9.95. The van der Waals surface area contributed by atoms with Crippen molar-refractivity contribution in [3.05, 3.63) is 89.1 Å². The van der Waals surface area contributed by atoms with Gasteiger partial charge in [0.15, 0.2) is 0 Å². The summed E-state index contributed by atoms with van der Waals surface area (Å²) in [6.07, 6.45) is 4.34. The summed E-state index contributed by atoms with van der Waals surface area (Å²) in [6.45, 7) is 2.12. The minimum absolute atomic E-state index is 0.0755. The lowest BCUT2D eigenvalue weighted by molar-refractivity contribution is -0.138. The van der Waals surface area contributed by atoms with Gasteiger partial charge < -0.3 is 4.90 Å². The highest BCUT2D eigenvalue weighted by Gasteiger charge is 2.45. The number of para-hydroxylation sites is 1. The Morgan fingerprint density at radius 3 is 2.49 bits per heavy atom. The van der Waals surface area contributed by atoms with Gasteiger partial charge in [0.25, 0.3) is 5.91 Å². The zero-order valence-corrected chi connectivity index (χ0v) is 22.7. The molecule has 0 radical (unpaired) electrons. The predicted octanol–water partition coefficient (Wildman–Crippen LogP) is 5.06. The molecule has 8 heteroatoms. The molecule has 2 aliphatic rings. The molecular formula is C31H30N4O3S. The van der Waals surface area contributed by atoms with Crippen LogP contribution < -0.4 is 4.90 Å². The molecule has 5 rings (SSSR count). The first-order chi connectivity index (χ1) is 19.0. The zero-order valence-electron chi connectivity index (χ0n) is 21.9. The van der Waals surface area contributed by atoms with E-state index in [2.05, 4.69) is 6.07 Å². The van der Waals surface area contributed by atoms with Gasteiger partial charge in [-0.05, 0) is 61.4 Å². The number of carbonyl (C=O) groups is 3. The van der Waals surface area contributed by atoms with Gasteiger partial charge >= 0.3 is 0 Å². The third-order valence-electron chi connectivity index (χ3n) is 7.28. The van der Waals surface area contributed by atoms with Crippen LogP contribution in [0.15, 0.2) is 71.8 Å². The summed E-state index contributed by atoms with van der Waals surface area (Å²) in [5.74, 6) is -0.971. The molecule has 3 amide bonds. The molecule has 1 fully saturated rings. The summed E-state index contributed by atoms with van der Waals surface area (Å²) >= 11 is 1.28. The molecule has 2 unspecified atom stereocenters. The number of pyridine rings is 1. The number of benzene rings is 2. The number of aromatic nitrogens is 1. The minimum atomic E-state index is -0.910. The van der Waals surface area contributed by atoms with E-state index < -0.39 is 17.2 Å². The molecule has 1 aromatic heterocycles. The Hall–Kier alpha value is -3.96. The van der Waals surface area contributed by atoms with Crippen LogP contribution in [-0.4, -0.2) is 38.9 Å². The van der Waals surface area contributed by atoms with Gasteiger partial charge in [-0.15, -0.1) is 0 Å². The summed E-state index contributed by atoms with van der Waals surface area (Å²) in [6, 6.07) is 21.6. The SMILES string of the molecule is CCC(Sc1nc2c(cc1C#N)CCCC2)C(=O)N(Cc1ccccc1)C1CC(=O)N(c2ccccc2)C1=O. The molecule has 0 N–H and O–H groups in total. The summed E-state index contributed by atoms with van der Waals surface area (Å²) in [5.41, 5.74) is 3.96. The van der Waals surface area contributed by atoms with Crippen LogP contribution in [0.25, 0.3) is 0 Å². The molecule has 1 saturated heterocycles. The predicted molar refractivity (Wildman–Crippen MR) is 150 cm³/mol. The van der Waals surface area contributed by atoms with Crippen molar-refractivity contribution in [2.75, 3.05) is 4.90 Å². The molecule has 0 saturated carbocycles. The largest absolute Gasteiger partial charge is 0.325 e. The van der Waals surface area contributed by atoms with E-state index in [0.717, 1.165) is 42.5 Å². The first-order valence-electron chi connectivity index (χ1n) is 13.4. The van der Waals surface area contributed by atoms with Crippen molar-refractivity contribution in [3.8, 4) is 6.07 Å². The lowest BCUT2D eigenvalue weighted by Crippen LogP contribution is -2.48. The van der Waals surface area contributed by atoms with Crippen molar-refractivity contribution >= 4 is 35.2 Å². The van der Waals surface area contributed by atoms with E-state index >= 15 is 0 Å². The average Bonchev–Trinajstić information content (AvgIpc) is 3.27. The molecule has 2 atom stereocenters. The molecule has 39 heavy (non-hydrogen) atoms. The van der Waals surface area contributed by atoms with Crippen molar-refractivity contribution < 1.29 is 14.4 Å². The second kappa shape index (κ2) is 11.8. The van der Waals surface area contributed by atoms with Crippen molar-refractivity contribution in [2.24, 2.45) is 0 Å². The monoisotopic (exact) mass is 538 g/mol. The summed E-state index contributed by atoms with van der Waals surface area (Å²) < 4.78 is 0. The Morgan fingerprint density at radius 2 is 1.79 bits per heavy atom. The van der Waals surface area contributed by atoms with Crippen LogP contribution in [0, 0.1) is 11.3 Å². The van der Waals surface area contributed by atoms with Crippen LogP contribution in [0.2, 0.25) is 0 Å². The highest BCUT2D eigenvalue weighted by Crippen LogP contribution is 2.34. The second-order valence-electron chi connectivity index (χ2n) is 9.86. The lowest BCUT2D eigenvalue weighted by Gasteiger charge is -2.31. The van der Waals surface area contributed by atoms with Crippen LogP contribution in [0.4, 0.5) is 5.69 Å². The maximum Gasteiger partial charge on any atom is 0.257 e. The summed E-state index contributed by atoms with van der Waals surface area (Å²) in [4.78, 5) is 48.4. The number of nitrogens with zero attached hydrogens (tertiary/aromatic N) is 4. The van der Waals surface area contributed by atoms with Gasteiger partial charge in [0.1, 0.15) is 17.1 Å². The number of hydrogen-bond donors (Lipinski definition) is 0. The van der Waals surface area contributed by atoms with E-state index in [0.29, 0.717) is 22.7 Å². The molecular weight excluding hydrogens is 508 g/mol.